The fourth-order valence-electron chi connectivity index (χ4n) is 1.81. The molecule has 1 heterocycles. The van der Waals surface area contributed by atoms with Crippen LogP contribution in [0.3, 0.4) is 0 Å². The highest BCUT2D eigenvalue weighted by atomic mass is 16.7. The lowest BCUT2D eigenvalue weighted by atomic mass is 10.0. The average Bonchev–Trinajstić information content (AvgIpc) is 2.30. The smallest absolute Gasteiger partial charge is 0.183 e. The number of rotatable bonds is 7. The molecule has 1 saturated heterocycles. The first kappa shape index (κ1) is 16.0. The molecule has 1 aliphatic heterocycles. The van der Waals surface area contributed by atoms with Crippen molar-refractivity contribution in [1.82, 2.24) is 0 Å². The van der Waals surface area contributed by atoms with E-state index in [-0.39, 0.29) is 19.4 Å². The van der Waals surface area contributed by atoms with Gasteiger partial charge in [-0.15, -0.1) is 0 Å². The van der Waals surface area contributed by atoms with Crippen LogP contribution in [-0.2, 0) is 19.1 Å². The molecular formula is C12H19O7-. The van der Waals surface area contributed by atoms with Crippen LogP contribution in [0.5, 0.6) is 0 Å². The molecule has 0 radical (unpaired) electrons. The molecule has 1 rings (SSSR count). The van der Waals surface area contributed by atoms with Crippen molar-refractivity contribution in [2.24, 2.45) is 0 Å². The van der Waals surface area contributed by atoms with Crippen LogP contribution in [0.15, 0.2) is 0 Å². The zero-order chi connectivity index (χ0) is 14.4. The van der Waals surface area contributed by atoms with Gasteiger partial charge >= 0.3 is 0 Å². The first-order valence-electron chi connectivity index (χ1n) is 6.25. The van der Waals surface area contributed by atoms with Crippen molar-refractivity contribution in [3.8, 4) is 0 Å². The van der Waals surface area contributed by atoms with Gasteiger partial charge in [0.2, 0.25) is 0 Å². The highest BCUT2D eigenvalue weighted by molar-refractivity contribution is 5.93. The summed E-state index contributed by atoms with van der Waals surface area (Å²) in [7, 11) is 0. The van der Waals surface area contributed by atoms with E-state index in [9.17, 15) is 24.9 Å². The molecule has 0 amide bonds. The van der Waals surface area contributed by atoms with Gasteiger partial charge < -0.3 is 29.6 Å². The molecule has 7 nitrogen and oxygen atoms in total. The minimum absolute atomic E-state index is 0.0783. The third-order valence-corrected chi connectivity index (χ3v) is 2.91. The average molecular weight is 275 g/mol. The van der Waals surface area contributed by atoms with Crippen LogP contribution >= 0.6 is 0 Å². The topological polar surface area (TPSA) is 116 Å². The van der Waals surface area contributed by atoms with Gasteiger partial charge in [-0.3, -0.25) is 4.79 Å². The van der Waals surface area contributed by atoms with E-state index < -0.39 is 42.8 Å². The molecule has 1 fully saturated rings. The number of carbonyl (C=O) groups is 2. The molecule has 110 valence electrons. The summed E-state index contributed by atoms with van der Waals surface area (Å²) in [5, 5.41) is 29.2. The highest BCUT2D eigenvalue weighted by Gasteiger charge is 2.34. The number of aliphatic hydroxyl groups excluding tert-OH is 2. The lowest BCUT2D eigenvalue weighted by Gasteiger charge is -2.35. The molecule has 19 heavy (non-hydrogen) atoms. The van der Waals surface area contributed by atoms with E-state index in [0.29, 0.717) is 6.42 Å². The van der Waals surface area contributed by atoms with Crippen molar-refractivity contribution in [2.75, 3.05) is 6.61 Å². The quantitative estimate of drug-likeness (QED) is 0.422. The van der Waals surface area contributed by atoms with Gasteiger partial charge in [-0.05, 0) is 13.3 Å². The number of carboxylic acid groups (broad SMARTS) is 1. The van der Waals surface area contributed by atoms with Gasteiger partial charge in [-0.1, -0.05) is 0 Å². The van der Waals surface area contributed by atoms with Crippen LogP contribution in [0.25, 0.3) is 0 Å². The SMILES string of the molecule is C[C@@H]1O[C@@H](OCCCC(=O)CC(=O)[O-])[C@H](O)C[C@H]1O. The summed E-state index contributed by atoms with van der Waals surface area (Å²) < 4.78 is 10.5. The van der Waals surface area contributed by atoms with Gasteiger partial charge in [0, 0.05) is 25.2 Å². The Morgan fingerprint density at radius 2 is 2.05 bits per heavy atom. The maximum Gasteiger partial charge on any atom is 0.183 e. The molecule has 2 N–H and O–H groups in total. The predicted octanol–water partition coefficient (Wildman–Crippen LogP) is -1.65. The standard InChI is InChI=1S/C12H20O7/c1-7-9(14)6-10(15)12(19-7)18-4-2-3-8(13)5-11(16)17/h7,9-10,12,14-15H,2-6H2,1H3,(H,16,17)/p-1/t7-,9+,10+,12+/m0/s1. The zero-order valence-corrected chi connectivity index (χ0v) is 10.8. The summed E-state index contributed by atoms with van der Waals surface area (Å²) >= 11 is 0. The number of ketones is 1. The van der Waals surface area contributed by atoms with E-state index in [2.05, 4.69) is 0 Å². The van der Waals surface area contributed by atoms with E-state index in [0.717, 1.165) is 0 Å². The largest absolute Gasteiger partial charge is 0.550 e. The molecule has 1 aliphatic rings. The molecule has 0 saturated carbocycles. The minimum atomic E-state index is -1.39. The molecular weight excluding hydrogens is 256 g/mol. The Balaban J connectivity index is 2.18. The normalized spacial score (nSPS) is 31.1. The van der Waals surface area contributed by atoms with Crippen LogP contribution in [0, 0.1) is 0 Å². The Labute approximate surface area is 111 Å². The van der Waals surface area contributed by atoms with Crippen LogP contribution in [0.1, 0.15) is 32.6 Å². The van der Waals surface area contributed by atoms with Crippen molar-refractivity contribution in [2.45, 2.75) is 57.2 Å². The molecule has 0 aromatic heterocycles. The number of Topliss-reactive ketones (excluding diaryl/α,β-unsaturated/α-hetero) is 1. The molecule has 0 unspecified atom stereocenters. The second kappa shape index (κ2) is 7.54. The molecule has 0 aromatic carbocycles. The number of aliphatic carboxylic acids is 1. The number of carboxylic acids is 1. The number of carbonyl (C=O) groups excluding carboxylic acids is 2. The van der Waals surface area contributed by atoms with Crippen LogP contribution < -0.4 is 5.11 Å². The summed E-state index contributed by atoms with van der Waals surface area (Å²) in [4.78, 5) is 21.2. The van der Waals surface area contributed by atoms with Gasteiger partial charge in [0.1, 0.15) is 11.9 Å². The van der Waals surface area contributed by atoms with Crippen LogP contribution in [-0.4, -0.2) is 53.2 Å². The lowest BCUT2D eigenvalue weighted by molar-refractivity contribution is -0.304. The zero-order valence-electron chi connectivity index (χ0n) is 10.8. The highest BCUT2D eigenvalue weighted by Crippen LogP contribution is 2.21. The van der Waals surface area contributed by atoms with Crippen molar-refractivity contribution >= 4 is 11.8 Å². The van der Waals surface area contributed by atoms with E-state index in [1.165, 1.54) is 0 Å². The van der Waals surface area contributed by atoms with Gasteiger partial charge in [0.15, 0.2) is 6.29 Å². The van der Waals surface area contributed by atoms with Gasteiger partial charge in [-0.25, -0.2) is 0 Å². The molecule has 0 spiro atoms. The van der Waals surface area contributed by atoms with Gasteiger partial charge in [0.05, 0.1) is 18.8 Å². The van der Waals surface area contributed by atoms with E-state index >= 15 is 0 Å². The maximum atomic E-state index is 11.1. The van der Waals surface area contributed by atoms with Crippen molar-refractivity contribution < 1.29 is 34.4 Å². The van der Waals surface area contributed by atoms with Crippen molar-refractivity contribution in [3.05, 3.63) is 0 Å². The summed E-state index contributed by atoms with van der Waals surface area (Å²) in [6.45, 7) is 1.85. The molecule has 0 aromatic rings. The lowest BCUT2D eigenvalue weighted by Crippen LogP contribution is -2.47. The Hall–Kier alpha value is -1.02. The fraction of sp³-hybridized carbons (Fsp3) is 0.833. The summed E-state index contributed by atoms with van der Waals surface area (Å²) in [6, 6.07) is 0. The third-order valence-electron chi connectivity index (χ3n) is 2.91. The van der Waals surface area contributed by atoms with E-state index in [1.807, 2.05) is 0 Å². The first-order chi connectivity index (χ1) is 8.90. The van der Waals surface area contributed by atoms with E-state index in [1.54, 1.807) is 6.92 Å². The molecule has 0 aliphatic carbocycles. The summed E-state index contributed by atoms with van der Waals surface area (Å²) in [5.41, 5.74) is 0. The molecule has 7 heteroatoms. The third kappa shape index (κ3) is 5.65. The van der Waals surface area contributed by atoms with Crippen molar-refractivity contribution in [1.29, 1.82) is 0 Å². The Kier molecular flexibility index (Phi) is 6.36. The van der Waals surface area contributed by atoms with Gasteiger partial charge in [-0.2, -0.15) is 0 Å². The van der Waals surface area contributed by atoms with Crippen molar-refractivity contribution in [3.63, 3.8) is 0 Å². The number of hydrogen-bond acceptors (Lipinski definition) is 7. The second-order valence-electron chi connectivity index (χ2n) is 4.64. The first-order valence-corrected chi connectivity index (χ1v) is 6.25. The Morgan fingerprint density at radius 3 is 2.68 bits per heavy atom. The Morgan fingerprint density at radius 1 is 1.37 bits per heavy atom. The summed E-state index contributed by atoms with van der Waals surface area (Å²) in [5.74, 6) is -1.81. The van der Waals surface area contributed by atoms with E-state index in [4.69, 9.17) is 9.47 Å². The summed E-state index contributed by atoms with van der Waals surface area (Å²) in [6.07, 6.45) is -2.88. The minimum Gasteiger partial charge on any atom is -0.550 e. The fourth-order valence-corrected chi connectivity index (χ4v) is 1.81. The molecule has 4 atom stereocenters. The molecule has 0 bridgehead atoms. The van der Waals surface area contributed by atoms with Gasteiger partial charge in [0.25, 0.3) is 0 Å². The number of aliphatic hydroxyl groups is 2. The second-order valence-corrected chi connectivity index (χ2v) is 4.64. The monoisotopic (exact) mass is 275 g/mol. The maximum absolute atomic E-state index is 11.1. The van der Waals surface area contributed by atoms with Crippen LogP contribution in [0.2, 0.25) is 0 Å². The number of ether oxygens (including phenoxy) is 2. The predicted molar refractivity (Wildman–Crippen MR) is 60.8 cm³/mol. The van der Waals surface area contributed by atoms with Crippen LogP contribution in [0.4, 0.5) is 0 Å². The number of hydrogen-bond donors (Lipinski definition) is 2. The Bertz CT molecular complexity index is 317.